The zero-order valence-electron chi connectivity index (χ0n) is 16.7. The molecule has 1 unspecified atom stereocenters. The molecule has 0 aliphatic heterocycles. The molecule has 148 valence electrons. The van der Waals surface area contributed by atoms with E-state index in [-0.39, 0.29) is 0 Å². The van der Waals surface area contributed by atoms with Crippen LogP contribution in [0.5, 0.6) is 0 Å². The fraction of sp³-hybridized carbons (Fsp3) is 0.0345. The van der Waals surface area contributed by atoms with Crippen molar-refractivity contribution in [1.82, 2.24) is 0 Å². The summed E-state index contributed by atoms with van der Waals surface area (Å²) in [6.07, 6.45) is 0. The standard InChI is InChI=1S/C29H19ClO/c30-21-15-16-24-23-12-6-7-13-25(23)29(31,27(24)18-21)26-17-14-19-8-4-5-11-22(19)28(26)20-9-2-1-3-10-20/h1-18,31H. The molecule has 1 atom stereocenters. The average molecular weight is 419 g/mol. The van der Waals surface area contributed by atoms with E-state index in [0.29, 0.717) is 5.02 Å². The van der Waals surface area contributed by atoms with Crippen LogP contribution in [0.25, 0.3) is 33.0 Å². The lowest BCUT2D eigenvalue weighted by atomic mass is 9.78. The maximum absolute atomic E-state index is 12.5. The Balaban J connectivity index is 1.77. The van der Waals surface area contributed by atoms with E-state index in [1.54, 1.807) is 0 Å². The largest absolute Gasteiger partial charge is 0.376 e. The van der Waals surface area contributed by atoms with E-state index in [0.717, 1.165) is 49.7 Å². The normalized spacial score (nSPS) is 16.8. The third kappa shape index (κ3) is 2.61. The van der Waals surface area contributed by atoms with Crippen LogP contribution < -0.4 is 0 Å². The van der Waals surface area contributed by atoms with E-state index in [2.05, 4.69) is 48.5 Å². The highest BCUT2D eigenvalue weighted by molar-refractivity contribution is 6.30. The van der Waals surface area contributed by atoms with Gasteiger partial charge in [-0.15, -0.1) is 0 Å². The first kappa shape index (κ1) is 18.4. The lowest BCUT2D eigenvalue weighted by molar-refractivity contribution is 0.131. The summed E-state index contributed by atoms with van der Waals surface area (Å²) in [6.45, 7) is 0. The van der Waals surface area contributed by atoms with Crippen molar-refractivity contribution < 1.29 is 5.11 Å². The van der Waals surface area contributed by atoms with Crippen molar-refractivity contribution in [2.24, 2.45) is 0 Å². The summed E-state index contributed by atoms with van der Waals surface area (Å²) in [5.41, 5.74) is 5.48. The highest BCUT2D eigenvalue weighted by atomic mass is 35.5. The van der Waals surface area contributed by atoms with Crippen molar-refractivity contribution in [3.8, 4) is 22.3 Å². The lowest BCUT2D eigenvalue weighted by Crippen LogP contribution is -2.27. The van der Waals surface area contributed by atoms with Crippen molar-refractivity contribution in [3.05, 3.63) is 131 Å². The first-order valence-electron chi connectivity index (χ1n) is 10.4. The first-order chi connectivity index (χ1) is 15.2. The van der Waals surface area contributed by atoms with E-state index >= 15 is 0 Å². The molecule has 0 bridgehead atoms. The third-order valence-corrected chi connectivity index (χ3v) is 6.59. The SMILES string of the molecule is OC1(c2ccc3ccccc3c2-c2ccccc2)c2ccccc2-c2ccc(Cl)cc21. The Morgan fingerprint density at radius 1 is 0.581 bits per heavy atom. The number of hydrogen-bond acceptors (Lipinski definition) is 1. The van der Waals surface area contributed by atoms with E-state index < -0.39 is 5.60 Å². The summed E-state index contributed by atoms with van der Waals surface area (Å²) in [5.74, 6) is 0. The zero-order chi connectivity index (χ0) is 21.0. The van der Waals surface area contributed by atoms with Crippen LogP contribution >= 0.6 is 11.6 Å². The second-order valence-corrected chi connectivity index (χ2v) is 8.46. The van der Waals surface area contributed by atoms with Crippen molar-refractivity contribution >= 4 is 22.4 Å². The summed E-state index contributed by atoms with van der Waals surface area (Å²) in [5, 5.41) is 15.4. The van der Waals surface area contributed by atoms with E-state index in [4.69, 9.17) is 11.6 Å². The van der Waals surface area contributed by atoms with Gasteiger partial charge in [-0.3, -0.25) is 0 Å². The quantitative estimate of drug-likeness (QED) is 0.316. The summed E-state index contributed by atoms with van der Waals surface area (Å²) < 4.78 is 0. The fourth-order valence-electron chi connectivity index (χ4n) is 5.01. The first-order valence-corrected chi connectivity index (χ1v) is 10.8. The molecule has 31 heavy (non-hydrogen) atoms. The minimum absolute atomic E-state index is 0.618. The Bertz CT molecular complexity index is 1450. The Hall–Kier alpha value is -3.39. The molecule has 0 saturated carbocycles. The molecule has 0 aromatic heterocycles. The molecule has 0 spiro atoms. The molecular weight excluding hydrogens is 400 g/mol. The van der Waals surface area contributed by atoms with Crippen molar-refractivity contribution in [2.45, 2.75) is 5.60 Å². The molecular formula is C29H19ClO. The van der Waals surface area contributed by atoms with Crippen LogP contribution in [0.2, 0.25) is 5.02 Å². The van der Waals surface area contributed by atoms with E-state index in [9.17, 15) is 5.11 Å². The number of hydrogen-bond donors (Lipinski definition) is 1. The summed E-state index contributed by atoms with van der Waals surface area (Å²) in [4.78, 5) is 0. The summed E-state index contributed by atoms with van der Waals surface area (Å²) in [7, 11) is 0. The minimum atomic E-state index is -1.30. The number of halogens is 1. The minimum Gasteiger partial charge on any atom is -0.376 e. The maximum atomic E-state index is 12.5. The molecule has 1 aliphatic rings. The van der Waals surface area contributed by atoms with Gasteiger partial charge in [0.25, 0.3) is 0 Å². The predicted octanol–water partition coefficient (Wildman–Crippen LogP) is 7.42. The maximum Gasteiger partial charge on any atom is 0.142 e. The number of fused-ring (bicyclic) bond motifs is 4. The third-order valence-electron chi connectivity index (χ3n) is 6.36. The van der Waals surface area contributed by atoms with Gasteiger partial charge in [-0.1, -0.05) is 109 Å². The molecule has 5 aromatic rings. The molecule has 5 aromatic carbocycles. The van der Waals surface area contributed by atoms with Crippen molar-refractivity contribution in [1.29, 1.82) is 0 Å². The van der Waals surface area contributed by atoms with Crippen molar-refractivity contribution in [3.63, 3.8) is 0 Å². The van der Waals surface area contributed by atoms with Crippen LogP contribution in [0.1, 0.15) is 16.7 Å². The number of aliphatic hydroxyl groups is 1. The van der Waals surface area contributed by atoms with Gasteiger partial charge < -0.3 is 5.11 Å². The van der Waals surface area contributed by atoms with Crippen LogP contribution in [-0.4, -0.2) is 5.11 Å². The highest BCUT2D eigenvalue weighted by Crippen LogP contribution is 2.54. The Kier molecular flexibility index (Phi) is 4.04. The Labute approximate surface area is 186 Å². The summed E-state index contributed by atoms with van der Waals surface area (Å²) in [6, 6.07) is 36.7. The van der Waals surface area contributed by atoms with Crippen LogP contribution in [0, 0.1) is 0 Å². The monoisotopic (exact) mass is 418 g/mol. The van der Waals surface area contributed by atoms with Gasteiger partial charge in [-0.05, 0) is 45.2 Å². The van der Waals surface area contributed by atoms with Gasteiger partial charge in [0.2, 0.25) is 0 Å². The second-order valence-electron chi connectivity index (χ2n) is 8.02. The van der Waals surface area contributed by atoms with Crippen LogP contribution in [-0.2, 0) is 5.60 Å². The van der Waals surface area contributed by atoms with E-state index in [1.165, 1.54) is 0 Å². The molecule has 2 heteroatoms. The van der Waals surface area contributed by atoms with Crippen LogP contribution in [0.15, 0.2) is 109 Å². The van der Waals surface area contributed by atoms with Gasteiger partial charge in [0.05, 0.1) is 0 Å². The van der Waals surface area contributed by atoms with Gasteiger partial charge in [-0.2, -0.15) is 0 Å². The molecule has 6 rings (SSSR count). The van der Waals surface area contributed by atoms with Crippen LogP contribution in [0.3, 0.4) is 0 Å². The van der Waals surface area contributed by atoms with Gasteiger partial charge in [0.1, 0.15) is 5.60 Å². The zero-order valence-corrected chi connectivity index (χ0v) is 17.5. The molecule has 1 N–H and O–H groups in total. The van der Waals surface area contributed by atoms with Gasteiger partial charge >= 0.3 is 0 Å². The Morgan fingerprint density at radius 2 is 1.29 bits per heavy atom. The molecule has 0 fully saturated rings. The highest BCUT2D eigenvalue weighted by Gasteiger charge is 2.44. The van der Waals surface area contributed by atoms with Gasteiger partial charge in [-0.25, -0.2) is 0 Å². The topological polar surface area (TPSA) is 20.2 Å². The predicted molar refractivity (Wildman–Crippen MR) is 128 cm³/mol. The second kappa shape index (κ2) is 6.81. The molecule has 0 saturated heterocycles. The van der Waals surface area contributed by atoms with Gasteiger partial charge in [0, 0.05) is 21.7 Å². The number of benzene rings is 5. The van der Waals surface area contributed by atoms with Gasteiger partial charge in [0.15, 0.2) is 0 Å². The van der Waals surface area contributed by atoms with E-state index in [1.807, 2.05) is 60.7 Å². The molecule has 0 amide bonds. The average Bonchev–Trinajstić information content (AvgIpc) is 3.08. The molecule has 1 nitrogen and oxygen atoms in total. The fourth-order valence-corrected chi connectivity index (χ4v) is 5.18. The molecule has 0 radical (unpaired) electrons. The smallest absolute Gasteiger partial charge is 0.142 e. The summed E-state index contributed by atoms with van der Waals surface area (Å²) >= 11 is 6.42. The van der Waals surface area contributed by atoms with Crippen molar-refractivity contribution in [2.75, 3.05) is 0 Å². The lowest BCUT2D eigenvalue weighted by Gasteiger charge is -2.30. The molecule has 0 heterocycles. The van der Waals surface area contributed by atoms with Crippen LogP contribution in [0.4, 0.5) is 0 Å². The molecule has 1 aliphatic carbocycles. The Morgan fingerprint density at radius 3 is 2.16 bits per heavy atom. The number of rotatable bonds is 2.